The zero-order valence-electron chi connectivity index (χ0n) is 15.6. The molecule has 1 fully saturated rings. The number of aliphatic carboxylic acids is 1. The molecule has 7 heteroatoms. The van der Waals surface area contributed by atoms with E-state index in [0.717, 1.165) is 0 Å². The highest BCUT2D eigenvalue weighted by atomic mass is 16.4. The number of nitrogens with zero attached hydrogens (tertiary/aromatic N) is 1. The number of carbonyl (C=O) groups is 3. The second-order valence-corrected chi connectivity index (χ2v) is 7.18. The van der Waals surface area contributed by atoms with Crippen LogP contribution in [0.5, 0.6) is 5.75 Å². The Morgan fingerprint density at radius 3 is 2.27 bits per heavy atom. The predicted octanol–water partition coefficient (Wildman–Crippen LogP) is 1.84. The number of aromatic hydroxyl groups is 1. The van der Waals surface area contributed by atoms with Crippen LogP contribution in [0.15, 0.2) is 12.1 Å². The van der Waals surface area contributed by atoms with Crippen LogP contribution in [-0.4, -0.2) is 51.5 Å². The van der Waals surface area contributed by atoms with Crippen LogP contribution >= 0.6 is 0 Å². The molecule has 0 aliphatic carbocycles. The zero-order chi connectivity index (χ0) is 19.6. The Bertz CT molecular complexity index is 706. The predicted molar refractivity (Wildman–Crippen MR) is 96.0 cm³/mol. The van der Waals surface area contributed by atoms with Crippen molar-refractivity contribution in [3.63, 3.8) is 0 Å². The molecular formula is C19H26N2O5. The maximum atomic E-state index is 12.9. The molecular weight excluding hydrogens is 336 g/mol. The number of carboxylic acids is 1. The quantitative estimate of drug-likeness (QED) is 0.741. The van der Waals surface area contributed by atoms with E-state index in [0.29, 0.717) is 36.1 Å². The number of phenols is 1. The highest BCUT2D eigenvalue weighted by Gasteiger charge is 2.38. The fraction of sp³-hybridized carbons (Fsp3) is 0.526. The molecule has 0 aromatic heterocycles. The standard InChI is InChI=1S/C19H26N2O5/c1-10(2)15(18(24)21-7-5-6-14(21)19(25)26)20-17(23)13-8-11(3)16(22)12(4)9-13/h8-10,14-15,22H,5-7H2,1-4H3,(H,20,23)(H,25,26). The molecule has 1 heterocycles. The van der Waals surface area contributed by atoms with E-state index >= 15 is 0 Å². The van der Waals surface area contributed by atoms with E-state index in [9.17, 15) is 24.6 Å². The van der Waals surface area contributed by atoms with Crippen LogP contribution in [0.3, 0.4) is 0 Å². The van der Waals surface area contributed by atoms with Crippen LogP contribution < -0.4 is 5.32 Å². The van der Waals surface area contributed by atoms with E-state index in [4.69, 9.17) is 0 Å². The zero-order valence-corrected chi connectivity index (χ0v) is 15.6. The number of rotatable bonds is 5. The third kappa shape index (κ3) is 3.98. The van der Waals surface area contributed by atoms with Crippen molar-refractivity contribution in [3.05, 3.63) is 28.8 Å². The number of nitrogens with one attached hydrogen (secondary N) is 1. The average Bonchev–Trinajstić information content (AvgIpc) is 3.05. The van der Waals surface area contributed by atoms with Gasteiger partial charge in [0.2, 0.25) is 5.91 Å². The first-order valence-corrected chi connectivity index (χ1v) is 8.77. The van der Waals surface area contributed by atoms with E-state index in [1.807, 2.05) is 13.8 Å². The molecule has 2 rings (SSSR count). The van der Waals surface area contributed by atoms with E-state index in [1.54, 1.807) is 26.0 Å². The fourth-order valence-corrected chi connectivity index (χ4v) is 3.29. The van der Waals surface area contributed by atoms with E-state index in [1.165, 1.54) is 4.90 Å². The van der Waals surface area contributed by atoms with Crippen LogP contribution in [0.2, 0.25) is 0 Å². The molecule has 0 radical (unpaired) electrons. The molecule has 26 heavy (non-hydrogen) atoms. The van der Waals surface area contributed by atoms with Gasteiger partial charge in [0.1, 0.15) is 17.8 Å². The number of benzene rings is 1. The number of likely N-dealkylation sites (tertiary alicyclic amines) is 1. The van der Waals surface area contributed by atoms with Gasteiger partial charge >= 0.3 is 5.97 Å². The van der Waals surface area contributed by atoms with Gasteiger partial charge in [-0.15, -0.1) is 0 Å². The van der Waals surface area contributed by atoms with Crippen LogP contribution in [0.4, 0.5) is 0 Å². The molecule has 2 atom stereocenters. The van der Waals surface area contributed by atoms with Gasteiger partial charge in [-0.3, -0.25) is 9.59 Å². The maximum Gasteiger partial charge on any atom is 0.326 e. The lowest BCUT2D eigenvalue weighted by molar-refractivity contribution is -0.149. The van der Waals surface area contributed by atoms with Crippen LogP contribution in [0, 0.1) is 19.8 Å². The molecule has 1 aromatic carbocycles. The molecule has 1 aromatic rings. The van der Waals surface area contributed by atoms with Crippen molar-refractivity contribution in [3.8, 4) is 5.75 Å². The summed E-state index contributed by atoms with van der Waals surface area (Å²) in [7, 11) is 0. The molecule has 1 aliphatic heterocycles. The Morgan fingerprint density at radius 1 is 1.19 bits per heavy atom. The SMILES string of the molecule is Cc1cc(C(=O)NC(C(=O)N2CCCC2C(=O)O)C(C)C)cc(C)c1O. The largest absolute Gasteiger partial charge is 0.507 e. The normalized spacial score (nSPS) is 18.0. The molecule has 2 unspecified atom stereocenters. The van der Waals surface area contributed by atoms with Crippen LogP contribution in [0.25, 0.3) is 0 Å². The second-order valence-electron chi connectivity index (χ2n) is 7.18. The molecule has 1 saturated heterocycles. The van der Waals surface area contributed by atoms with E-state index in [-0.39, 0.29) is 17.6 Å². The van der Waals surface area contributed by atoms with Crippen molar-refractivity contribution in [2.24, 2.45) is 5.92 Å². The van der Waals surface area contributed by atoms with Gasteiger partial charge < -0.3 is 20.4 Å². The second kappa shape index (κ2) is 7.76. The number of carbonyl (C=O) groups excluding carboxylic acids is 2. The summed E-state index contributed by atoms with van der Waals surface area (Å²) in [6.45, 7) is 7.40. The Kier molecular flexibility index (Phi) is 5.90. The summed E-state index contributed by atoms with van der Waals surface area (Å²) >= 11 is 0. The van der Waals surface area contributed by atoms with Crippen molar-refractivity contribution in [2.45, 2.75) is 52.6 Å². The van der Waals surface area contributed by atoms with Crippen molar-refractivity contribution >= 4 is 17.8 Å². The van der Waals surface area contributed by atoms with Gasteiger partial charge in [-0.25, -0.2) is 4.79 Å². The van der Waals surface area contributed by atoms with Gasteiger partial charge in [-0.05, 0) is 55.9 Å². The first kappa shape index (κ1) is 19.8. The van der Waals surface area contributed by atoms with Gasteiger partial charge in [0.05, 0.1) is 0 Å². The average molecular weight is 362 g/mol. The van der Waals surface area contributed by atoms with E-state index < -0.39 is 24.0 Å². The van der Waals surface area contributed by atoms with Gasteiger partial charge in [0.25, 0.3) is 5.91 Å². The number of hydrogen-bond donors (Lipinski definition) is 3. The molecule has 0 spiro atoms. The third-order valence-corrected chi connectivity index (χ3v) is 4.79. The smallest absolute Gasteiger partial charge is 0.326 e. The lowest BCUT2D eigenvalue weighted by atomic mass is 10.0. The van der Waals surface area contributed by atoms with E-state index in [2.05, 4.69) is 5.32 Å². The lowest BCUT2D eigenvalue weighted by Gasteiger charge is -2.29. The topological polar surface area (TPSA) is 107 Å². The minimum Gasteiger partial charge on any atom is -0.507 e. The van der Waals surface area contributed by atoms with Gasteiger partial charge in [-0.1, -0.05) is 13.8 Å². The summed E-state index contributed by atoms with van der Waals surface area (Å²) in [5.74, 6) is -1.87. The Labute approximate surface area is 153 Å². The first-order valence-electron chi connectivity index (χ1n) is 8.77. The number of hydrogen-bond acceptors (Lipinski definition) is 4. The number of phenolic OH excluding ortho intramolecular Hbond substituents is 1. The summed E-state index contributed by atoms with van der Waals surface area (Å²) in [4.78, 5) is 38.2. The van der Waals surface area contributed by atoms with Crippen LogP contribution in [0.1, 0.15) is 48.2 Å². The maximum absolute atomic E-state index is 12.9. The highest BCUT2D eigenvalue weighted by molar-refractivity contribution is 5.98. The minimum atomic E-state index is -1.02. The summed E-state index contributed by atoms with van der Waals surface area (Å²) in [5, 5.41) is 21.9. The third-order valence-electron chi connectivity index (χ3n) is 4.79. The summed E-state index contributed by atoms with van der Waals surface area (Å²) in [5.41, 5.74) is 1.51. The molecule has 2 amide bonds. The van der Waals surface area contributed by atoms with Crippen molar-refractivity contribution in [2.75, 3.05) is 6.54 Å². The van der Waals surface area contributed by atoms with Crippen LogP contribution in [-0.2, 0) is 9.59 Å². The minimum absolute atomic E-state index is 0.138. The first-order chi connectivity index (χ1) is 12.1. The van der Waals surface area contributed by atoms with Crippen molar-refractivity contribution in [1.29, 1.82) is 0 Å². The Balaban J connectivity index is 2.21. The molecule has 142 valence electrons. The van der Waals surface area contributed by atoms with Crippen molar-refractivity contribution in [1.82, 2.24) is 10.2 Å². The fourth-order valence-electron chi connectivity index (χ4n) is 3.29. The number of aryl methyl sites for hydroxylation is 2. The Morgan fingerprint density at radius 2 is 1.77 bits per heavy atom. The molecule has 7 nitrogen and oxygen atoms in total. The molecule has 0 bridgehead atoms. The Hall–Kier alpha value is -2.57. The van der Waals surface area contributed by atoms with Crippen molar-refractivity contribution < 1.29 is 24.6 Å². The van der Waals surface area contributed by atoms with Gasteiger partial charge in [0, 0.05) is 12.1 Å². The summed E-state index contributed by atoms with van der Waals surface area (Å²) in [6, 6.07) is 1.49. The number of amides is 2. The highest BCUT2D eigenvalue weighted by Crippen LogP contribution is 2.24. The molecule has 3 N–H and O–H groups in total. The van der Waals surface area contributed by atoms with Gasteiger partial charge in [0.15, 0.2) is 0 Å². The van der Waals surface area contributed by atoms with Gasteiger partial charge in [-0.2, -0.15) is 0 Å². The molecule has 0 saturated carbocycles. The lowest BCUT2D eigenvalue weighted by Crippen LogP contribution is -2.53. The monoisotopic (exact) mass is 362 g/mol. The summed E-state index contributed by atoms with van der Waals surface area (Å²) < 4.78 is 0. The number of carboxylic acid groups (broad SMARTS) is 1. The molecule has 1 aliphatic rings. The summed E-state index contributed by atoms with van der Waals surface area (Å²) in [6.07, 6.45) is 1.06.